The van der Waals surface area contributed by atoms with E-state index in [-0.39, 0.29) is 18.4 Å². The third kappa shape index (κ3) is 6.43. The molecule has 5 nitrogen and oxygen atoms in total. The van der Waals surface area contributed by atoms with E-state index in [0.29, 0.717) is 23.5 Å². The van der Waals surface area contributed by atoms with E-state index in [2.05, 4.69) is 42.5 Å². The van der Waals surface area contributed by atoms with Crippen molar-refractivity contribution in [3.05, 3.63) is 92.9 Å². The number of anilines is 1. The highest BCUT2D eigenvalue weighted by atomic mass is 79.9. The van der Waals surface area contributed by atoms with Gasteiger partial charge in [-0.1, -0.05) is 58.4 Å². The number of benzene rings is 3. The lowest BCUT2D eigenvalue weighted by molar-refractivity contribution is -0.118. The van der Waals surface area contributed by atoms with Crippen molar-refractivity contribution in [3.8, 4) is 5.75 Å². The van der Waals surface area contributed by atoms with E-state index >= 15 is 0 Å². The molecule has 154 valence electrons. The topological polar surface area (TPSA) is 67.4 Å². The number of nitrogens with one attached hydrogen (secondary N) is 2. The number of hydrogen-bond donors (Lipinski definition) is 2. The van der Waals surface area contributed by atoms with Crippen molar-refractivity contribution in [2.45, 2.75) is 6.42 Å². The van der Waals surface area contributed by atoms with Crippen LogP contribution < -0.4 is 15.4 Å². The highest BCUT2D eigenvalue weighted by Crippen LogP contribution is 2.28. The van der Waals surface area contributed by atoms with E-state index in [0.717, 1.165) is 20.9 Å². The molecule has 0 spiro atoms. The largest absolute Gasteiger partial charge is 0.483 e. The number of halogens is 2. The summed E-state index contributed by atoms with van der Waals surface area (Å²) >= 11 is 6.77. The zero-order valence-corrected chi connectivity index (χ0v) is 19.2. The highest BCUT2D eigenvalue weighted by molar-refractivity contribution is 9.11. The molecular formula is C23H20Br2N2O3. The summed E-state index contributed by atoms with van der Waals surface area (Å²) in [5, 5.41) is 5.65. The lowest BCUT2D eigenvalue weighted by Gasteiger charge is -2.12. The second-order valence-corrected chi connectivity index (χ2v) is 8.22. The van der Waals surface area contributed by atoms with Crippen molar-refractivity contribution in [2.24, 2.45) is 0 Å². The van der Waals surface area contributed by atoms with Gasteiger partial charge in [0, 0.05) is 11.0 Å². The summed E-state index contributed by atoms with van der Waals surface area (Å²) in [5.74, 6) is -0.0342. The lowest BCUT2D eigenvalue weighted by Crippen LogP contribution is -2.28. The molecule has 0 unspecified atom stereocenters. The fraction of sp³-hybridized carbons (Fsp3) is 0.130. The van der Waals surface area contributed by atoms with Crippen molar-refractivity contribution in [3.63, 3.8) is 0 Å². The normalized spacial score (nSPS) is 10.3. The molecule has 0 aliphatic rings. The van der Waals surface area contributed by atoms with Gasteiger partial charge in [0.2, 0.25) is 0 Å². The smallest absolute Gasteiger partial charge is 0.262 e. The zero-order chi connectivity index (χ0) is 21.3. The molecule has 30 heavy (non-hydrogen) atoms. The number of para-hydroxylation sites is 1. The van der Waals surface area contributed by atoms with Crippen LogP contribution in [0.25, 0.3) is 0 Å². The van der Waals surface area contributed by atoms with Crippen molar-refractivity contribution in [1.82, 2.24) is 5.32 Å². The molecule has 0 heterocycles. The summed E-state index contributed by atoms with van der Waals surface area (Å²) in [6.07, 6.45) is 0.733. The Morgan fingerprint density at radius 1 is 0.900 bits per heavy atom. The van der Waals surface area contributed by atoms with Gasteiger partial charge in [0.1, 0.15) is 5.75 Å². The molecule has 0 aliphatic heterocycles. The number of carbonyl (C=O) groups excluding carboxylic acids is 2. The fourth-order valence-corrected chi connectivity index (χ4v) is 3.93. The highest BCUT2D eigenvalue weighted by Gasteiger charge is 2.13. The first-order valence-electron chi connectivity index (χ1n) is 9.32. The van der Waals surface area contributed by atoms with Crippen LogP contribution in [0.5, 0.6) is 5.75 Å². The molecule has 0 radical (unpaired) electrons. The molecule has 0 aliphatic carbocycles. The summed E-state index contributed by atoms with van der Waals surface area (Å²) in [7, 11) is 0. The molecule has 0 atom stereocenters. The van der Waals surface area contributed by atoms with Gasteiger partial charge in [-0.3, -0.25) is 9.59 Å². The third-order valence-electron chi connectivity index (χ3n) is 4.24. The molecule has 0 fully saturated rings. The van der Waals surface area contributed by atoms with Crippen molar-refractivity contribution in [1.29, 1.82) is 0 Å². The maximum atomic E-state index is 12.6. The van der Waals surface area contributed by atoms with Crippen molar-refractivity contribution in [2.75, 3.05) is 18.5 Å². The van der Waals surface area contributed by atoms with Crippen molar-refractivity contribution >= 4 is 49.4 Å². The summed E-state index contributed by atoms with van der Waals surface area (Å²) in [5.41, 5.74) is 2.00. The van der Waals surface area contributed by atoms with Crippen LogP contribution in [0, 0.1) is 0 Å². The Labute approximate surface area is 192 Å². The molecule has 0 aromatic heterocycles. The summed E-state index contributed by atoms with van der Waals surface area (Å²) < 4.78 is 7.20. The SMILES string of the molecule is O=C(COc1ccc(Br)cc1Br)Nc1ccccc1C(=O)NCCc1ccccc1. The Hall–Kier alpha value is -2.64. The van der Waals surface area contributed by atoms with Crippen molar-refractivity contribution < 1.29 is 14.3 Å². The Morgan fingerprint density at radius 2 is 1.63 bits per heavy atom. The van der Waals surface area contributed by atoms with Crippen LogP contribution in [-0.4, -0.2) is 25.0 Å². The van der Waals surface area contributed by atoms with Gasteiger partial charge >= 0.3 is 0 Å². The second-order valence-electron chi connectivity index (χ2n) is 6.45. The first kappa shape index (κ1) is 22.1. The molecule has 0 bridgehead atoms. The molecule has 3 rings (SSSR count). The Bertz CT molecular complexity index is 1030. The van der Waals surface area contributed by atoms with E-state index < -0.39 is 0 Å². The maximum Gasteiger partial charge on any atom is 0.262 e. The standard InChI is InChI=1S/C23H20Br2N2O3/c24-17-10-11-21(19(25)14-17)30-15-22(28)27-20-9-5-4-8-18(20)23(29)26-13-12-16-6-2-1-3-7-16/h1-11,14H,12-13,15H2,(H,26,29)(H,27,28). The number of hydrogen-bond acceptors (Lipinski definition) is 3. The van der Waals surface area contributed by atoms with Gasteiger partial charge in [0.05, 0.1) is 15.7 Å². The molecule has 3 aromatic rings. The Kier molecular flexibility index (Phi) is 8.04. The molecule has 0 saturated heterocycles. The predicted octanol–water partition coefficient (Wildman–Crippen LogP) is 5.20. The van der Waals surface area contributed by atoms with Gasteiger partial charge in [0.25, 0.3) is 11.8 Å². The molecule has 7 heteroatoms. The molecule has 3 aromatic carbocycles. The maximum absolute atomic E-state index is 12.6. The van der Waals surface area contributed by atoms with Crippen LogP contribution in [0.1, 0.15) is 15.9 Å². The van der Waals surface area contributed by atoms with Gasteiger partial charge in [-0.05, 0) is 58.2 Å². The molecular weight excluding hydrogens is 512 g/mol. The number of ether oxygens (including phenoxy) is 1. The summed E-state index contributed by atoms with van der Waals surface area (Å²) in [4.78, 5) is 24.9. The van der Waals surface area contributed by atoms with E-state index in [1.165, 1.54) is 0 Å². The molecule has 2 amide bonds. The van der Waals surface area contributed by atoms with Gasteiger partial charge in [-0.2, -0.15) is 0 Å². The first-order chi connectivity index (χ1) is 14.5. The molecule has 0 saturated carbocycles. The van der Waals surface area contributed by atoms with Crippen LogP contribution in [-0.2, 0) is 11.2 Å². The van der Waals surface area contributed by atoms with E-state index in [4.69, 9.17) is 4.74 Å². The van der Waals surface area contributed by atoms with E-state index in [1.54, 1.807) is 30.3 Å². The number of carbonyl (C=O) groups is 2. The summed E-state index contributed by atoms with van der Waals surface area (Å²) in [6.45, 7) is 0.329. The van der Waals surface area contributed by atoms with Crippen LogP contribution in [0.2, 0.25) is 0 Å². The minimum atomic E-state index is -0.352. The predicted molar refractivity (Wildman–Crippen MR) is 125 cm³/mol. The lowest BCUT2D eigenvalue weighted by atomic mass is 10.1. The van der Waals surface area contributed by atoms with Gasteiger partial charge in [0.15, 0.2) is 6.61 Å². The minimum absolute atomic E-state index is 0.176. The third-order valence-corrected chi connectivity index (χ3v) is 5.35. The average molecular weight is 532 g/mol. The van der Waals surface area contributed by atoms with Crippen LogP contribution in [0.15, 0.2) is 81.7 Å². The number of rotatable bonds is 8. The quantitative estimate of drug-likeness (QED) is 0.419. The Morgan fingerprint density at radius 3 is 2.40 bits per heavy atom. The number of amides is 2. The zero-order valence-electron chi connectivity index (χ0n) is 16.0. The fourth-order valence-electron chi connectivity index (χ4n) is 2.77. The minimum Gasteiger partial charge on any atom is -0.483 e. The van der Waals surface area contributed by atoms with Gasteiger partial charge < -0.3 is 15.4 Å². The van der Waals surface area contributed by atoms with Crippen LogP contribution in [0.4, 0.5) is 5.69 Å². The summed E-state index contributed by atoms with van der Waals surface area (Å²) in [6, 6.07) is 22.3. The monoisotopic (exact) mass is 530 g/mol. The second kappa shape index (κ2) is 10.9. The van der Waals surface area contributed by atoms with Gasteiger partial charge in [-0.25, -0.2) is 0 Å². The van der Waals surface area contributed by atoms with E-state index in [9.17, 15) is 9.59 Å². The first-order valence-corrected chi connectivity index (χ1v) is 10.9. The average Bonchev–Trinajstić information content (AvgIpc) is 2.74. The van der Waals surface area contributed by atoms with Crippen LogP contribution >= 0.6 is 31.9 Å². The van der Waals surface area contributed by atoms with Crippen LogP contribution in [0.3, 0.4) is 0 Å². The van der Waals surface area contributed by atoms with Gasteiger partial charge in [-0.15, -0.1) is 0 Å². The Balaban J connectivity index is 1.56. The molecule has 2 N–H and O–H groups in total. The van der Waals surface area contributed by atoms with E-state index in [1.807, 2.05) is 42.5 Å².